The van der Waals surface area contributed by atoms with Gasteiger partial charge in [0.05, 0.1) is 6.33 Å². The molecular weight excluding hydrogens is 510 g/mol. The number of ether oxygens (including phenoxy) is 1. The maximum Gasteiger partial charge on any atom is 0.532 e. The normalized spacial score (nSPS) is 26.8. The van der Waals surface area contributed by atoms with Crippen molar-refractivity contribution in [2.45, 2.75) is 24.6 Å². The Balaban J connectivity index is 1.68. The van der Waals surface area contributed by atoms with E-state index in [2.05, 4.69) is 35.4 Å². The third-order valence-corrected chi connectivity index (χ3v) is 8.05. The van der Waals surface area contributed by atoms with Gasteiger partial charge in [0.25, 0.3) is 5.56 Å². The summed E-state index contributed by atoms with van der Waals surface area (Å²) in [5, 5.41) is 10.2. The second-order valence-corrected chi connectivity index (χ2v) is 10.7. The topological polar surface area (TPSA) is 242 Å². The van der Waals surface area contributed by atoms with E-state index < -0.39 is 59.6 Å². The van der Waals surface area contributed by atoms with E-state index in [1.807, 2.05) is 0 Å². The molecule has 21 heteroatoms. The smallest absolute Gasteiger partial charge is 0.385 e. The molecule has 1 aliphatic rings. The van der Waals surface area contributed by atoms with Crippen LogP contribution in [0.5, 0.6) is 0 Å². The Morgan fingerprint density at radius 1 is 1.42 bits per heavy atom. The van der Waals surface area contributed by atoms with Gasteiger partial charge in [-0.25, -0.2) is 18.5 Å². The molecule has 1 aliphatic heterocycles. The minimum atomic E-state index is -5.36. The number of fused-ring (bicyclic) bond motifs is 1. The average Bonchev–Trinajstić information content (AvgIpc) is 3.13. The van der Waals surface area contributed by atoms with Crippen molar-refractivity contribution in [2.24, 2.45) is 0 Å². The Morgan fingerprint density at radius 3 is 2.74 bits per heavy atom. The molecule has 7 N–H and O–H groups in total. The number of imidazole rings is 1. The van der Waals surface area contributed by atoms with Crippen LogP contribution in [-0.2, 0) is 38.8 Å². The summed E-state index contributed by atoms with van der Waals surface area (Å²) in [6.07, 6.45) is -5.55. The standard InChI is InChI=1S/C10H13FN5O11P3S/c11-4-3(1-24-28(31)26-30(22,23)27-29(19,20)21)25-9(6(4)17)16-2-13-5-7(16)14-10(12)15-8(5)18/h2-4,6,9,17H,1H2,(H5-,12,14,15,18,19,20,21,22,23)/p+1/t3-,4+,6+,9-/m1/s1. The molecule has 0 bridgehead atoms. The van der Waals surface area contributed by atoms with Crippen LogP contribution in [0.3, 0.4) is 0 Å². The van der Waals surface area contributed by atoms with E-state index in [0.29, 0.717) is 0 Å². The average molecular weight is 524 g/mol. The number of hydrogen-bond donors (Lipinski definition) is 6. The number of rotatable bonds is 8. The minimum Gasteiger partial charge on any atom is -0.385 e. The Kier molecular flexibility index (Phi) is 7.03. The number of nitrogens with two attached hydrogens (primary N) is 1. The van der Waals surface area contributed by atoms with Gasteiger partial charge in [-0.3, -0.25) is 19.2 Å². The van der Waals surface area contributed by atoms with E-state index >= 15 is 0 Å². The first-order valence-electron chi connectivity index (χ1n) is 7.87. The quantitative estimate of drug-likeness (QED) is 0.234. The number of nitrogens with one attached hydrogen (secondary N) is 1. The molecule has 2 aromatic rings. The highest BCUT2D eigenvalue weighted by Gasteiger charge is 2.48. The monoisotopic (exact) mass is 524 g/mol. The molecule has 3 rings (SSSR count). The zero-order valence-corrected chi connectivity index (χ0v) is 18.3. The fraction of sp³-hybridized carbons (Fsp3) is 0.500. The molecule has 3 heterocycles. The van der Waals surface area contributed by atoms with Gasteiger partial charge in [-0.1, -0.05) is 0 Å². The number of aromatic nitrogens is 4. The summed E-state index contributed by atoms with van der Waals surface area (Å²) in [5.41, 5.74) is 4.60. The van der Waals surface area contributed by atoms with Crippen molar-refractivity contribution in [3.05, 3.63) is 16.7 Å². The van der Waals surface area contributed by atoms with Crippen molar-refractivity contribution in [3.8, 4) is 0 Å². The number of hydrogen-bond acceptors (Lipinski definition) is 12. The van der Waals surface area contributed by atoms with Gasteiger partial charge in [0, 0.05) is 0 Å². The van der Waals surface area contributed by atoms with Gasteiger partial charge in [-0.15, -0.1) is 4.52 Å². The molecule has 1 fully saturated rings. The highest BCUT2D eigenvalue weighted by Crippen LogP contribution is 2.62. The van der Waals surface area contributed by atoms with E-state index in [9.17, 15) is 28.3 Å². The lowest BCUT2D eigenvalue weighted by molar-refractivity contribution is -0.0457. The van der Waals surface area contributed by atoms with Crippen LogP contribution in [0.1, 0.15) is 6.23 Å². The number of anilines is 1. The molecule has 0 aliphatic carbocycles. The van der Waals surface area contributed by atoms with Gasteiger partial charge in [0.15, 0.2) is 23.6 Å². The number of phosphoric acid groups is 2. The molecule has 6 atom stereocenters. The zero-order chi connectivity index (χ0) is 23.1. The SMILES string of the molecule is Nc1nc2c(ncn2[C@@H]2O[C@H](CO[P+](=S)OP(=O)(O)OP(=O)(O)O)[C@H](F)[C@@H]2O)c(=O)[nH]1. The third-order valence-electron chi connectivity index (χ3n) is 3.74. The molecule has 0 amide bonds. The van der Waals surface area contributed by atoms with Gasteiger partial charge in [0.2, 0.25) is 17.8 Å². The van der Waals surface area contributed by atoms with E-state index in [-0.39, 0.29) is 17.1 Å². The van der Waals surface area contributed by atoms with Crippen LogP contribution in [-0.4, -0.2) is 64.3 Å². The van der Waals surface area contributed by atoms with Crippen LogP contribution in [0.4, 0.5) is 10.3 Å². The van der Waals surface area contributed by atoms with Gasteiger partial charge in [-0.2, -0.15) is 9.29 Å². The van der Waals surface area contributed by atoms with Gasteiger partial charge in [-0.05, 0) is 4.31 Å². The van der Waals surface area contributed by atoms with Crippen LogP contribution in [0.2, 0.25) is 0 Å². The second-order valence-electron chi connectivity index (χ2n) is 5.92. The van der Waals surface area contributed by atoms with Crippen LogP contribution >= 0.6 is 22.8 Å². The number of aromatic amines is 1. The highest BCUT2D eigenvalue weighted by atomic mass is 32.4. The van der Waals surface area contributed by atoms with Gasteiger partial charge >= 0.3 is 22.8 Å². The Hall–Kier alpha value is -1.26. The molecule has 0 aromatic carbocycles. The molecule has 0 radical (unpaired) electrons. The van der Waals surface area contributed by atoms with E-state index in [1.165, 1.54) is 0 Å². The highest BCUT2D eigenvalue weighted by molar-refractivity contribution is 8.02. The second kappa shape index (κ2) is 8.94. The summed E-state index contributed by atoms with van der Waals surface area (Å²) in [5.74, 6) is -0.247. The lowest BCUT2D eigenvalue weighted by Crippen LogP contribution is -2.29. The first kappa shape index (κ1) is 24.4. The van der Waals surface area contributed by atoms with Gasteiger partial charge in [0.1, 0.15) is 18.8 Å². The fourth-order valence-electron chi connectivity index (χ4n) is 2.59. The number of halogens is 1. The maximum absolute atomic E-state index is 14.5. The van der Waals surface area contributed by atoms with E-state index in [4.69, 9.17) is 24.8 Å². The van der Waals surface area contributed by atoms with Crippen LogP contribution in [0.25, 0.3) is 11.2 Å². The molecule has 2 aromatic heterocycles. The lowest BCUT2D eigenvalue weighted by atomic mass is 10.1. The molecule has 2 unspecified atom stereocenters. The van der Waals surface area contributed by atoms with E-state index in [1.54, 1.807) is 0 Å². The predicted molar refractivity (Wildman–Crippen MR) is 102 cm³/mol. The van der Waals surface area contributed by atoms with Crippen molar-refractivity contribution < 1.29 is 51.2 Å². The largest absolute Gasteiger partial charge is 0.532 e. The molecular formula is C10H14FN5O11P3S+. The van der Waals surface area contributed by atoms with Crippen molar-refractivity contribution in [1.29, 1.82) is 0 Å². The van der Waals surface area contributed by atoms with Crippen molar-refractivity contribution >= 4 is 51.7 Å². The van der Waals surface area contributed by atoms with Crippen LogP contribution in [0, 0.1) is 0 Å². The molecule has 31 heavy (non-hydrogen) atoms. The third kappa shape index (κ3) is 5.76. The van der Waals surface area contributed by atoms with Crippen molar-refractivity contribution in [2.75, 3.05) is 12.3 Å². The molecule has 16 nitrogen and oxygen atoms in total. The summed E-state index contributed by atoms with van der Waals surface area (Å²) >= 11 is 4.62. The fourth-order valence-corrected chi connectivity index (χ4v) is 6.13. The molecule has 1 saturated heterocycles. The lowest BCUT2D eigenvalue weighted by Gasteiger charge is -2.16. The first-order valence-corrected chi connectivity index (χ1v) is 13.1. The first-order chi connectivity index (χ1) is 14.3. The Morgan fingerprint density at radius 2 is 2.10 bits per heavy atom. The summed E-state index contributed by atoms with van der Waals surface area (Å²) in [4.78, 5) is 48.0. The number of aliphatic hydroxyl groups excluding tert-OH is 1. The van der Waals surface area contributed by atoms with Crippen molar-refractivity contribution in [3.63, 3.8) is 0 Å². The maximum atomic E-state index is 14.5. The number of H-pyrrole nitrogens is 1. The molecule has 0 spiro atoms. The van der Waals surface area contributed by atoms with E-state index in [0.717, 1.165) is 10.9 Å². The number of nitrogen functional groups attached to an aromatic ring is 1. The van der Waals surface area contributed by atoms with Crippen LogP contribution < -0.4 is 11.3 Å². The Labute approximate surface area is 176 Å². The predicted octanol–water partition coefficient (Wildman–Crippen LogP) is -0.685. The summed E-state index contributed by atoms with van der Waals surface area (Å²) in [7, 11) is -13.3. The molecule has 172 valence electrons. The van der Waals surface area contributed by atoms with Crippen molar-refractivity contribution in [1.82, 2.24) is 19.5 Å². The summed E-state index contributed by atoms with van der Waals surface area (Å²) in [6.45, 7) is -0.678. The Bertz CT molecular complexity index is 1150. The molecule has 0 saturated carbocycles. The van der Waals surface area contributed by atoms with Crippen LogP contribution in [0.15, 0.2) is 11.1 Å². The minimum absolute atomic E-state index is 0.0799. The summed E-state index contributed by atoms with van der Waals surface area (Å²) in [6, 6.07) is 0. The number of nitrogens with zero attached hydrogens (tertiary/aromatic N) is 3. The number of alkyl halides is 1. The van der Waals surface area contributed by atoms with Gasteiger partial charge < -0.3 is 25.4 Å². The zero-order valence-electron chi connectivity index (χ0n) is 14.8. The summed E-state index contributed by atoms with van der Waals surface area (Å²) < 4.78 is 55.7. The number of aliphatic hydroxyl groups is 1.